The summed E-state index contributed by atoms with van der Waals surface area (Å²) in [6, 6.07) is 3.38. The summed E-state index contributed by atoms with van der Waals surface area (Å²) in [5.41, 5.74) is 0.996. The highest BCUT2D eigenvalue weighted by Gasteiger charge is 2.22. The Morgan fingerprint density at radius 2 is 2.10 bits per heavy atom. The van der Waals surface area contributed by atoms with Crippen molar-refractivity contribution < 1.29 is 8.42 Å². The summed E-state index contributed by atoms with van der Waals surface area (Å²) in [5, 5.41) is 3.36. The van der Waals surface area contributed by atoms with Crippen molar-refractivity contribution in [3.8, 4) is 0 Å². The largest absolute Gasteiger partial charge is 0.313 e. The lowest BCUT2D eigenvalue weighted by atomic mass is 10.3. The van der Waals surface area contributed by atoms with Gasteiger partial charge in [-0.05, 0) is 36.9 Å². The van der Waals surface area contributed by atoms with E-state index in [1.807, 2.05) is 6.07 Å². The quantitative estimate of drug-likeness (QED) is 0.680. The molecule has 1 heterocycles. The van der Waals surface area contributed by atoms with Gasteiger partial charge in [-0.15, -0.1) is 0 Å². The first kappa shape index (κ1) is 15.4. The Bertz CT molecular complexity index is 510. The minimum atomic E-state index is -3.45. The van der Waals surface area contributed by atoms with E-state index in [0.29, 0.717) is 6.54 Å². The second-order valence-corrected chi connectivity index (χ2v) is 7.03. The van der Waals surface area contributed by atoms with E-state index in [0.717, 1.165) is 37.4 Å². The zero-order valence-electron chi connectivity index (χ0n) is 11.9. The first-order chi connectivity index (χ1) is 9.62. The van der Waals surface area contributed by atoms with Crippen molar-refractivity contribution in [3.63, 3.8) is 0 Å². The smallest absolute Gasteiger partial charge is 0.258 e. The Balaban J connectivity index is 1.86. The normalized spacial score (nSPS) is 15.4. The minimum Gasteiger partial charge on any atom is -0.313 e. The Labute approximate surface area is 121 Å². The van der Waals surface area contributed by atoms with Crippen molar-refractivity contribution in [3.05, 3.63) is 23.9 Å². The maximum absolute atomic E-state index is 12.0. The fraction of sp³-hybridized carbons (Fsp3) is 0.643. The number of nitrogens with zero attached hydrogens (tertiary/aromatic N) is 1. The first-order valence-corrected chi connectivity index (χ1v) is 8.75. The molecule has 20 heavy (non-hydrogen) atoms. The molecule has 1 aliphatic rings. The van der Waals surface area contributed by atoms with E-state index in [1.54, 1.807) is 12.3 Å². The molecule has 5 nitrogen and oxygen atoms in total. The van der Waals surface area contributed by atoms with Crippen LogP contribution in [-0.4, -0.2) is 26.5 Å². The summed E-state index contributed by atoms with van der Waals surface area (Å²) in [6.45, 7) is 4.28. The Hall–Kier alpha value is -0.980. The number of nitrogens with one attached hydrogen (secondary N) is 2. The number of rotatable bonds is 9. The lowest BCUT2D eigenvalue weighted by molar-refractivity contribution is 0.571. The highest BCUT2D eigenvalue weighted by molar-refractivity contribution is 7.89. The molecule has 6 heteroatoms. The van der Waals surface area contributed by atoms with E-state index < -0.39 is 10.0 Å². The zero-order chi connectivity index (χ0) is 14.4. The fourth-order valence-corrected chi connectivity index (χ4v) is 2.93. The van der Waals surface area contributed by atoms with Crippen LogP contribution in [-0.2, 0) is 16.6 Å². The lowest BCUT2D eigenvalue weighted by Gasteiger charge is -2.07. The van der Waals surface area contributed by atoms with Crippen molar-refractivity contribution in [2.24, 2.45) is 5.92 Å². The third-order valence-electron chi connectivity index (χ3n) is 3.37. The molecule has 1 aromatic heterocycles. The van der Waals surface area contributed by atoms with Gasteiger partial charge < -0.3 is 5.32 Å². The van der Waals surface area contributed by atoms with Gasteiger partial charge in [0.15, 0.2) is 5.03 Å². The van der Waals surface area contributed by atoms with Crippen molar-refractivity contribution in [1.29, 1.82) is 0 Å². The highest BCUT2D eigenvalue weighted by Crippen LogP contribution is 2.31. The van der Waals surface area contributed by atoms with Crippen LogP contribution < -0.4 is 10.0 Å². The fourth-order valence-electron chi connectivity index (χ4n) is 1.96. The van der Waals surface area contributed by atoms with Gasteiger partial charge in [-0.3, -0.25) is 0 Å². The molecular formula is C14H23N3O2S. The van der Waals surface area contributed by atoms with E-state index in [4.69, 9.17) is 0 Å². The molecule has 1 aromatic rings. The standard InChI is InChI=1S/C14H23N3O2S/c1-2-8-15-10-13-5-6-14(16-11-13)20(18,19)17-9-7-12-3-4-12/h5-6,11-12,15,17H,2-4,7-10H2,1H3. The van der Waals surface area contributed by atoms with E-state index in [9.17, 15) is 8.42 Å². The highest BCUT2D eigenvalue weighted by atomic mass is 32.2. The molecule has 1 aliphatic carbocycles. The average Bonchev–Trinajstić information content (AvgIpc) is 3.24. The topological polar surface area (TPSA) is 71.1 Å². The van der Waals surface area contributed by atoms with Crippen LogP contribution in [0.1, 0.15) is 38.2 Å². The summed E-state index contributed by atoms with van der Waals surface area (Å²) in [6.07, 6.45) is 6.10. The third-order valence-corrected chi connectivity index (χ3v) is 4.75. The summed E-state index contributed by atoms with van der Waals surface area (Å²) in [7, 11) is -3.45. The maximum atomic E-state index is 12.0. The summed E-state index contributed by atoms with van der Waals surface area (Å²) < 4.78 is 26.6. The van der Waals surface area contributed by atoms with E-state index >= 15 is 0 Å². The molecule has 2 rings (SSSR count). The molecule has 0 aliphatic heterocycles. The first-order valence-electron chi connectivity index (χ1n) is 7.27. The van der Waals surface area contributed by atoms with E-state index in [1.165, 1.54) is 12.8 Å². The molecule has 0 atom stereocenters. The van der Waals surface area contributed by atoms with Gasteiger partial charge in [0.1, 0.15) is 0 Å². The molecule has 0 radical (unpaired) electrons. The van der Waals surface area contributed by atoms with Crippen LogP contribution in [0.25, 0.3) is 0 Å². The van der Waals surface area contributed by atoms with Crippen molar-refractivity contribution in [2.45, 2.75) is 44.2 Å². The van der Waals surface area contributed by atoms with Gasteiger partial charge >= 0.3 is 0 Å². The van der Waals surface area contributed by atoms with Crippen LogP contribution in [0, 0.1) is 5.92 Å². The molecule has 1 fully saturated rings. The van der Waals surface area contributed by atoms with Gasteiger partial charge in [0.2, 0.25) is 0 Å². The van der Waals surface area contributed by atoms with Crippen LogP contribution in [0.5, 0.6) is 0 Å². The van der Waals surface area contributed by atoms with Crippen molar-refractivity contribution in [1.82, 2.24) is 15.0 Å². The number of sulfonamides is 1. The Kier molecular flexibility index (Phi) is 5.51. The van der Waals surface area contributed by atoms with Gasteiger partial charge in [-0.25, -0.2) is 18.1 Å². The SMILES string of the molecule is CCCNCc1ccc(S(=O)(=O)NCCC2CC2)nc1. The molecule has 0 bridgehead atoms. The van der Waals surface area contributed by atoms with Gasteiger partial charge in [-0.2, -0.15) is 0 Å². The summed E-state index contributed by atoms with van der Waals surface area (Å²) >= 11 is 0. The number of hydrogen-bond donors (Lipinski definition) is 2. The third kappa shape index (κ3) is 4.85. The lowest BCUT2D eigenvalue weighted by Crippen LogP contribution is -2.26. The Morgan fingerprint density at radius 1 is 1.30 bits per heavy atom. The van der Waals surface area contributed by atoms with Gasteiger partial charge in [0, 0.05) is 19.3 Å². The van der Waals surface area contributed by atoms with Crippen LogP contribution >= 0.6 is 0 Å². The van der Waals surface area contributed by atoms with E-state index in [2.05, 4.69) is 21.9 Å². The van der Waals surface area contributed by atoms with Crippen LogP contribution in [0.2, 0.25) is 0 Å². The average molecular weight is 297 g/mol. The number of hydrogen-bond acceptors (Lipinski definition) is 4. The van der Waals surface area contributed by atoms with Crippen molar-refractivity contribution >= 4 is 10.0 Å². The molecule has 2 N–H and O–H groups in total. The zero-order valence-corrected chi connectivity index (χ0v) is 12.7. The van der Waals surface area contributed by atoms with Gasteiger partial charge in [0.25, 0.3) is 10.0 Å². The number of aromatic nitrogens is 1. The molecule has 0 spiro atoms. The van der Waals surface area contributed by atoms with Crippen LogP contribution in [0.4, 0.5) is 0 Å². The van der Waals surface area contributed by atoms with Crippen LogP contribution in [0.15, 0.2) is 23.4 Å². The molecule has 1 saturated carbocycles. The Morgan fingerprint density at radius 3 is 2.70 bits per heavy atom. The monoisotopic (exact) mass is 297 g/mol. The minimum absolute atomic E-state index is 0.104. The predicted molar refractivity (Wildman–Crippen MR) is 78.8 cm³/mol. The molecule has 0 saturated heterocycles. The maximum Gasteiger partial charge on any atom is 0.258 e. The summed E-state index contributed by atoms with van der Waals surface area (Å²) in [5.74, 6) is 0.720. The number of pyridine rings is 1. The van der Waals surface area contributed by atoms with Crippen LogP contribution in [0.3, 0.4) is 0 Å². The molecular weight excluding hydrogens is 274 g/mol. The predicted octanol–water partition coefficient (Wildman–Crippen LogP) is 1.66. The molecule has 0 amide bonds. The molecule has 112 valence electrons. The van der Waals surface area contributed by atoms with Gasteiger partial charge in [-0.1, -0.05) is 25.8 Å². The second-order valence-electron chi connectivity index (χ2n) is 5.31. The molecule has 0 unspecified atom stereocenters. The van der Waals surface area contributed by atoms with E-state index in [-0.39, 0.29) is 5.03 Å². The van der Waals surface area contributed by atoms with Crippen molar-refractivity contribution in [2.75, 3.05) is 13.1 Å². The molecule has 0 aromatic carbocycles. The second kappa shape index (κ2) is 7.15. The summed E-state index contributed by atoms with van der Waals surface area (Å²) in [4.78, 5) is 4.05. The van der Waals surface area contributed by atoms with Gasteiger partial charge in [0.05, 0.1) is 0 Å².